The lowest BCUT2D eigenvalue weighted by Crippen LogP contribution is -2.57. The summed E-state index contributed by atoms with van der Waals surface area (Å²) in [7, 11) is 0. The van der Waals surface area contributed by atoms with Gasteiger partial charge in [0.2, 0.25) is 0 Å². The van der Waals surface area contributed by atoms with Crippen LogP contribution in [0.15, 0.2) is 10.6 Å². The second-order valence-corrected chi connectivity index (χ2v) is 5.54. The molecule has 1 N–H and O–H groups in total. The van der Waals surface area contributed by atoms with Crippen molar-refractivity contribution in [1.29, 1.82) is 0 Å². The van der Waals surface area contributed by atoms with Crippen molar-refractivity contribution in [3.05, 3.63) is 11.8 Å². The van der Waals surface area contributed by atoms with E-state index < -0.39 is 11.8 Å². The molecule has 0 unspecified atom stereocenters. The van der Waals surface area contributed by atoms with Gasteiger partial charge in [0.05, 0.1) is 18.8 Å². The molecule has 7 nitrogen and oxygen atoms in total. The first-order valence-electron chi connectivity index (χ1n) is 7.32. The van der Waals surface area contributed by atoms with Gasteiger partial charge in [0.25, 0.3) is 0 Å². The smallest absolute Gasteiger partial charge is 0.315 e. The summed E-state index contributed by atoms with van der Waals surface area (Å²) >= 11 is 0. The van der Waals surface area contributed by atoms with Crippen molar-refractivity contribution in [3.8, 4) is 0 Å². The Kier molecular flexibility index (Phi) is 3.92. The van der Waals surface area contributed by atoms with Crippen LogP contribution in [0, 0.1) is 6.92 Å². The molecule has 1 aromatic rings. The quantitative estimate of drug-likeness (QED) is 0.784. The van der Waals surface area contributed by atoms with E-state index in [-0.39, 0.29) is 18.0 Å². The molecule has 1 aromatic heterocycles. The third-order valence-electron chi connectivity index (χ3n) is 4.06. The number of hydrogen-bond donors (Lipinski definition) is 1. The second kappa shape index (κ2) is 5.85. The van der Waals surface area contributed by atoms with Crippen LogP contribution in [-0.2, 0) is 14.3 Å². The van der Waals surface area contributed by atoms with Crippen LogP contribution in [0.5, 0.6) is 0 Å². The Bertz CT molecular complexity index is 540. The largest absolute Gasteiger partial charge is 0.374 e. The van der Waals surface area contributed by atoms with Crippen LogP contribution >= 0.6 is 0 Å². The first kappa shape index (κ1) is 14.1. The Morgan fingerprint density at radius 1 is 1.38 bits per heavy atom. The van der Waals surface area contributed by atoms with Gasteiger partial charge in [-0.25, -0.2) is 0 Å². The Morgan fingerprint density at radius 3 is 2.95 bits per heavy atom. The van der Waals surface area contributed by atoms with Crippen molar-refractivity contribution >= 4 is 17.6 Å². The molecular weight excluding hydrogens is 274 g/mol. The maximum atomic E-state index is 12.4. The first-order chi connectivity index (χ1) is 10.1. The van der Waals surface area contributed by atoms with Gasteiger partial charge in [-0.15, -0.1) is 0 Å². The molecule has 2 atom stereocenters. The molecule has 21 heavy (non-hydrogen) atoms. The van der Waals surface area contributed by atoms with Gasteiger partial charge in [-0.05, 0) is 19.8 Å². The van der Waals surface area contributed by atoms with Crippen LogP contribution in [0.25, 0.3) is 0 Å². The number of rotatable bonds is 1. The predicted octanol–water partition coefficient (Wildman–Crippen LogP) is 1.09. The highest BCUT2D eigenvalue weighted by molar-refractivity contribution is 6.39. The minimum atomic E-state index is -0.672. The van der Waals surface area contributed by atoms with E-state index >= 15 is 0 Å². The standard InChI is InChI=1S/C14H19N3O4/c1-9-8-12(16-21-9)15-13(18)14(19)17-6-7-20-11-5-3-2-4-10(11)17/h8,10-11H,2-7H2,1H3,(H,15,16,18)/t10-,11+/m0/s1. The zero-order valence-corrected chi connectivity index (χ0v) is 12.0. The highest BCUT2D eigenvalue weighted by atomic mass is 16.5. The van der Waals surface area contributed by atoms with E-state index in [4.69, 9.17) is 9.26 Å². The Morgan fingerprint density at radius 2 is 2.19 bits per heavy atom. The highest BCUT2D eigenvalue weighted by Crippen LogP contribution is 2.28. The van der Waals surface area contributed by atoms with Gasteiger partial charge in [0, 0.05) is 12.6 Å². The van der Waals surface area contributed by atoms with Gasteiger partial charge in [-0.2, -0.15) is 0 Å². The molecule has 1 aliphatic carbocycles. The Labute approximate surface area is 122 Å². The molecule has 1 saturated carbocycles. The van der Waals surface area contributed by atoms with E-state index in [1.807, 2.05) is 0 Å². The molecule has 1 aliphatic heterocycles. The molecule has 2 amide bonds. The van der Waals surface area contributed by atoms with Crippen molar-refractivity contribution in [2.24, 2.45) is 0 Å². The van der Waals surface area contributed by atoms with Gasteiger partial charge < -0.3 is 14.2 Å². The fourth-order valence-corrected chi connectivity index (χ4v) is 3.07. The summed E-state index contributed by atoms with van der Waals surface area (Å²) in [6.45, 7) is 2.67. The van der Waals surface area contributed by atoms with E-state index in [9.17, 15) is 9.59 Å². The van der Waals surface area contributed by atoms with Crippen LogP contribution in [0.2, 0.25) is 0 Å². The van der Waals surface area contributed by atoms with Crippen molar-refractivity contribution in [2.45, 2.75) is 44.8 Å². The van der Waals surface area contributed by atoms with Gasteiger partial charge in [0.1, 0.15) is 5.76 Å². The molecule has 7 heteroatoms. The number of aryl methyl sites for hydroxylation is 1. The second-order valence-electron chi connectivity index (χ2n) is 5.54. The maximum absolute atomic E-state index is 12.4. The molecule has 2 aliphatic rings. The number of aromatic nitrogens is 1. The van der Waals surface area contributed by atoms with E-state index in [1.165, 1.54) is 0 Å². The summed E-state index contributed by atoms with van der Waals surface area (Å²) in [4.78, 5) is 26.1. The van der Waals surface area contributed by atoms with Crippen molar-refractivity contribution in [1.82, 2.24) is 10.1 Å². The maximum Gasteiger partial charge on any atom is 0.315 e. The zero-order valence-electron chi connectivity index (χ0n) is 12.0. The third-order valence-corrected chi connectivity index (χ3v) is 4.06. The van der Waals surface area contributed by atoms with Gasteiger partial charge in [-0.3, -0.25) is 14.9 Å². The summed E-state index contributed by atoms with van der Waals surface area (Å²) < 4.78 is 10.6. The lowest BCUT2D eigenvalue weighted by atomic mass is 9.90. The number of amides is 2. The summed E-state index contributed by atoms with van der Waals surface area (Å²) in [6, 6.07) is 1.60. The number of nitrogens with zero attached hydrogens (tertiary/aromatic N) is 2. The van der Waals surface area contributed by atoms with Gasteiger partial charge in [-0.1, -0.05) is 18.0 Å². The number of carbonyl (C=O) groups is 2. The molecule has 114 valence electrons. The number of anilines is 1. The van der Waals surface area contributed by atoms with Crippen molar-refractivity contribution in [2.75, 3.05) is 18.5 Å². The van der Waals surface area contributed by atoms with Crippen LogP contribution in [-0.4, -0.2) is 47.2 Å². The van der Waals surface area contributed by atoms with Crippen molar-refractivity contribution < 1.29 is 18.8 Å². The topological polar surface area (TPSA) is 84.7 Å². The normalized spacial score (nSPS) is 25.3. The summed E-state index contributed by atoms with van der Waals surface area (Å²) in [5.74, 6) is -0.346. The highest BCUT2D eigenvalue weighted by Gasteiger charge is 2.38. The lowest BCUT2D eigenvalue weighted by Gasteiger charge is -2.43. The minimum Gasteiger partial charge on any atom is -0.374 e. The summed E-state index contributed by atoms with van der Waals surface area (Å²) in [6.07, 6.45) is 4.11. The fraction of sp³-hybridized carbons (Fsp3) is 0.643. The van der Waals surface area contributed by atoms with Gasteiger partial charge in [0.15, 0.2) is 5.82 Å². The number of hydrogen-bond acceptors (Lipinski definition) is 5. The monoisotopic (exact) mass is 293 g/mol. The Hall–Kier alpha value is -1.89. The molecular formula is C14H19N3O4. The molecule has 0 radical (unpaired) electrons. The third kappa shape index (κ3) is 2.92. The number of carbonyl (C=O) groups excluding carboxylic acids is 2. The van der Waals surface area contributed by atoms with Crippen LogP contribution < -0.4 is 5.32 Å². The van der Waals surface area contributed by atoms with Crippen LogP contribution in [0.1, 0.15) is 31.4 Å². The van der Waals surface area contributed by atoms with Crippen LogP contribution in [0.4, 0.5) is 5.82 Å². The van der Waals surface area contributed by atoms with E-state index in [0.29, 0.717) is 18.9 Å². The van der Waals surface area contributed by atoms with E-state index in [2.05, 4.69) is 10.5 Å². The van der Waals surface area contributed by atoms with E-state index in [1.54, 1.807) is 17.9 Å². The number of morpholine rings is 1. The van der Waals surface area contributed by atoms with Gasteiger partial charge >= 0.3 is 11.8 Å². The molecule has 0 bridgehead atoms. The SMILES string of the molecule is Cc1cc(NC(=O)C(=O)N2CCO[C@@H]3CCCC[C@@H]32)no1. The predicted molar refractivity (Wildman–Crippen MR) is 73.6 cm³/mol. The number of ether oxygens (including phenoxy) is 1. The average Bonchev–Trinajstić information content (AvgIpc) is 2.91. The minimum absolute atomic E-state index is 0.0183. The van der Waals surface area contributed by atoms with Crippen LogP contribution in [0.3, 0.4) is 0 Å². The zero-order chi connectivity index (χ0) is 14.8. The summed E-state index contributed by atoms with van der Waals surface area (Å²) in [5.41, 5.74) is 0. The Balaban J connectivity index is 1.67. The fourth-order valence-electron chi connectivity index (χ4n) is 3.07. The summed E-state index contributed by atoms with van der Waals surface area (Å²) in [5, 5.41) is 6.14. The first-order valence-corrected chi connectivity index (χ1v) is 7.32. The molecule has 3 rings (SSSR count). The molecule has 2 heterocycles. The number of nitrogens with one attached hydrogen (secondary N) is 1. The molecule has 0 spiro atoms. The average molecular weight is 293 g/mol. The van der Waals surface area contributed by atoms with E-state index in [0.717, 1.165) is 25.7 Å². The number of fused-ring (bicyclic) bond motifs is 1. The molecule has 1 saturated heterocycles. The van der Waals surface area contributed by atoms with Crippen molar-refractivity contribution in [3.63, 3.8) is 0 Å². The lowest BCUT2D eigenvalue weighted by molar-refractivity contribution is -0.156. The molecule has 0 aromatic carbocycles. The molecule has 2 fully saturated rings.